The maximum absolute atomic E-state index is 13.2. The van der Waals surface area contributed by atoms with Gasteiger partial charge >= 0.3 is 0 Å². The molecule has 0 saturated heterocycles. The summed E-state index contributed by atoms with van der Waals surface area (Å²) in [6, 6.07) is 17.4. The van der Waals surface area contributed by atoms with E-state index in [0.29, 0.717) is 22.3 Å². The van der Waals surface area contributed by atoms with Crippen LogP contribution in [0.2, 0.25) is 0 Å². The van der Waals surface area contributed by atoms with Crippen molar-refractivity contribution >= 4 is 10.9 Å². The van der Waals surface area contributed by atoms with Crippen LogP contribution in [0.15, 0.2) is 71.5 Å². The normalized spacial score (nSPS) is 10.9. The number of H-pyrrole nitrogens is 1. The Morgan fingerprint density at radius 3 is 2.52 bits per heavy atom. The maximum Gasteiger partial charge on any atom is 0.259 e. The fraction of sp³-hybridized carbons (Fsp3) is 0.0476. The van der Waals surface area contributed by atoms with Crippen LogP contribution in [0, 0.1) is 11.6 Å². The number of aromatic amines is 1. The molecule has 3 aromatic carbocycles. The second-order valence-corrected chi connectivity index (χ2v) is 6.03. The minimum absolute atomic E-state index is 0.107. The number of ether oxygens (including phenoxy) is 1. The molecule has 1 heterocycles. The molecule has 0 unspecified atom stereocenters. The third-order valence-electron chi connectivity index (χ3n) is 4.05. The van der Waals surface area contributed by atoms with Crippen LogP contribution in [0.1, 0.15) is 5.56 Å². The van der Waals surface area contributed by atoms with E-state index in [1.165, 1.54) is 0 Å². The van der Waals surface area contributed by atoms with Gasteiger partial charge in [-0.1, -0.05) is 30.3 Å². The molecule has 0 fully saturated rings. The first-order chi connectivity index (χ1) is 13.1. The summed E-state index contributed by atoms with van der Waals surface area (Å²) >= 11 is 0. The topological polar surface area (TPSA) is 55.0 Å². The standard InChI is InChI=1S/C21H14F2N2O2/c22-15-9-16(23)11-17(10-15)27-12-13-4-3-5-14(8-13)20-24-19-7-2-1-6-18(19)21(26)25-20/h1-11H,12H2,(H,24,25,26). The third-order valence-corrected chi connectivity index (χ3v) is 4.05. The molecular weight excluding hydrogens is 350 g/mol. The first-order valence-electron chi connectivity index (χ1n) is 8.26. The predicted octanol–water partition coefficient (Wildman–Crippen LogP) is 4.45. The highest BCUT2D eigenvalue weighted by Gasteiger charge is 2.07. The van der Waals surface area contributed by atoms with Crippen molar-refractivity contribution in [3.63, 3.8) is 0 Å². The molecule has 0 atom stereocenters. The van der Waals surface area contributed by atoms with Crippen molar-refractivity contribution in [2.45, 2.75) is 6.61 Å². The number of para-hydroxylation sites is 1. The van der Waals surface area contributed by atoms with Gasteiger partial charge in [0.15, 0.2) is 0 Å². The number of rotatable bonds is 4. The van der Waals surface area contributed by atoms with Gasteiger partial charge in [0.05, 0.1) is 10.9 Å². The Labute approximate surface area is 153 Å². The zero-order chi connectivity index (χ0) is 18.8. The lowest BCUT2D eigenvalue weighted by atomic mass is 10.1. The van der Waals surface area contributed by atoms with Gasteiger partial charge in [0.2, 0.25) is 0 Å². The molecule has 0 bridgehead atoms. The minimum Gasteiger partial charge on any atom is -0.489 e. The molecule has 4 nitrogen and oxygen atoms in total. The van der Waals surface area contributed by atoms with E-state index >= 15 is 0 Å². The molecule has 6 heteroatoms. The minimum atomic E-state index is -0.698. The maximum atomic E-state index is 13.2. The van der Waals surface area contributed by atoms with Gasteiger partial charge in [-0.15, -0.1) is 0 Å². The number of hydrogen-bond acceptors (Lipinski definition) is 3. The van der Waals surface area contributed by atoms with Crippen LogP contribution in [0.3, 0.4) is 0 Å². The van der Waals surface area contributed by atoms with Gasteiger partial charge in [0.25, 0.3) is 5.56 Å². The molecule has 1 N–H and O–H groups in total. The summed E-state index contributed by atoms with van der Waals surface area (Å²) in [7, 11) is 0. The molecule has 0 aliphatic carbocycles. The molecule has 0 aliphatic heterocycles. The van der Waals surface area contributed by atoms with Gasteiger partial charge in [-0.05, 0) is 23.8 Å². The van der Waals surface area contributed by atoms with Crippen LogP contribution < -0.4 is 10.3 Å². The van der Waals surface area contributed by atoms with Crippen molar-refractivity contribution in [1.29, 1.82) is 0 Å². The molecule has 134 valence electrons. The van der Waals surface area contributed by atoms with Crippen molar-refractivity contribution in [2.75, 3.05) is 0 Å². The van der Waals surface area contributed by atoms with Crippen molar-refractivity contribution in [1.82, 2.24) is 9.97 Å². The smallest absolute Gasteiger partial charge is 0.259 e. The monoisotopic (exact) mass is 364 g/mol. The van der Waals surface area contributed by atoms with Crippen LogP contribution in [-0.2, 0) is 6.61 Å². The molecule has 1 aromatic heterocycles. The van der Waals surface area contributed by atoms with Gasteiger partial charge in [-0.25, -0.2) is 13.8 Å². The van der Waals surface area contributed by atoms with E-state index in [0.717, 1.165) is 23.8 Å². The van der Waals surface area contributed by atoms with Gasteiger partial charge in [0.1, 0.15) is 29.8 Å². The van der Waals surface area contributed by atoms with Gasteiger partial charge in [0, 0.05) is 23.8 Å². The summed E-state index contributed by atoms with van der Waals surface area (Å²) in [5, 5.41) is 0.522. The first-order valence-corrected chi connectivity index (χ1v) is 8.26. The molecule has 0 radical (unpaired) electrons. The van der Waals surface area contributed by atoms with Gasteiger partial charge in [-0.3, -0.25) is 4.79 Å². The number of halogens is 2. The van der Waals surface area contributed by atoms with E-state index in [4.69, 9.17) is 4.74 Å². The summed E-state index contributed by atoms with van der Waals surface area (Å²) in [6.45, 7) is 0.120. The highest BCUT2D eigenvalue weighted by Crippen LogP contribution is 2.20. The molecule has 4 aromatic rings. The third kappa shape index (κ3) is 3.69. The van der Waals surface area contributed by atoms with Gasteiger partial charge in [-0.2, -0.15) is 0 Å². The van der Waals surface area contributed by atoms with Crippen LogP contribution in [0.5, 0.6) is 5.75 Å². The summed E-state index contributed by atoms with van der Waals surface area (Å²) in [5.74, 6) is -0.846. The summed E-state index contributed by atoms with van der Waals surface area (Å²) in [6.07, 6.45) is 0. The lowest BCUT2D eigenvalue weighted by Crippen LogP contribution is -2.09. The molecule has 0 spiro atoms. The van der Waals surface area contributed by atoms with Crippen molar-refractivity contribution in [3.8, 4) is 17.1 Å². The quantitative estimate of drug-likeness (QED) is 0.582. The largest absolute Gasteiger partial charge is 0.489 e. The highest BCUT2D eigenvalue weighted by atomic mass is 19.1. The molecule has 27 heavy (non-hydrogen) atoms. The average Bonchev–Trinajstić information content (AvgIpc) is 2.66. The number of nitrogens with zero attached hydrogens (tertiary/aromatic N) is 1. The Morgan fingerprint density at radius 2 is 1.70 bits per heavy atom. The fourth-order valence-corrected chi connectivity index (χ4v) is 2.81. The highest BCUT2D eigenvalue weighted by molar-refractivity contribution is 5.79. The summed E-state index contributed by atoms with van der Waals surface area (Å²) < 4.78 is 32.0. The van der Waals surface area contributed by atoms with Crippen LogP contribution in [0.4, 0.5) is 8.78 Å². The zero-order valence-electron chi connectivity index (χ0n) is 14.1. The van der Waals surface area contributed by atoms with E-state index in [-0.39, 0.29) is 17.9 Å². The molecule has 0 aliphatic rings. The molecule has 0 saturated carbocycles. The Hall–Kier alpha value is -3.54. The average molecular weight is 364 g/mol. The molecule has 4 rings (SSSR count). The number of aromatic nitrogens is 2. The van der Waals surface area contributed by atoms with E-state index in [1.54, 1.807) is 24.3 Å². The predicted molar refractivity (Wildman–Crippen MR) is 98.5 cm³/mol. The van der Waals surface area contributed by atoms with Gasteiger partial charge < -0.3 is 9.72 Å². The summed E-state index contributed by atoms with van der Waals surface area (Å²) in [5.41, 5.74) is 1.87. The zero-order valence-corrected chi connectivity index (χ0v) is 14.1. The summed E-state index contributed by atoms with van der Waals surface area (Å²) in [4.78, 5) is 19.5. The Morgan fingerprint density at radius 1 is 0.926 bits per heavy atom. The van der Waals surface area contributed by atoms with E-state index in [9.17, 15) is 13.6 Å². The van der Waals surface area contributed by atoms with Crippen LogP contribution in [0.25, 0.3) is 22.3 Å². The number of hydrogen-bond donors (Lipinski definition) is 1. The Balaban J connectivity index is 1.62. The van der Waals surface area contributed by atoms with E-state index in [2.05, 4.69) is 9.97 Å². The number of nitrogens with one attached hydrogen (secondary N) is 1. The lowest BCUT2D eigenvalue weighted by molar-refractivity contribution is 0.302. The van der Waals surface area contributed by atoms with Crippen molar-refractivity contribution in [2.24, 2.45) is 0 Å². The lowest BCUT2D eigenvalue weighted by Gasteiger charge is -2.09. The molecular formula is C21H14F2N2O2. The fourth-order valence-electron chi connectivity index (χ4n) is 2.81. The second-order valence-electron chi connectivity index (χ2n) is 6.03. The van der Waals surface area contributed by atoms with Crippen LogP contribution >= 0.6 is 0 Å². The van der Waals surface area contributed by atoms with Crippen LogP contribution in [-0.4, -0.2) is 9.97 Å². The Kier molecular flexibility index (Phi) is 4.38. The van der Waals surface area contributed by atoms with Crippen molar-refractivity contribution < 1.29 is 13.5 Å². The molecule has 0 amide bonds. The number of fused-ring (bicyclic) bond motifs is 1. The first kappa shape index (κ1) is 16.9. The SMILES string of the molecule is O=c1[nH]c(-c2cccc(COc3cc(F)cc(F)c3)c2)nc2ccccc12. The van der Waals surface area contributed by atoms with E-state index in [1.807, 2.05) is 24.3 Å². The Bertz CT molecular complexity index is 1170. The number of benzene rings is 3. The van der Waals surface area contributed by atoms with Crippen molar-refractivity contribution in [3.05, 3.63) is 94.3 Å². The second kappa shape index (κ2) is 6.99. The van der Waals surface area contributed by atoms with E-state index < -0.39 is 11.6 Å².